The van der Waals surface area contributed by atoms with Gasteiger partial charge >= 0.3 is 0 Å². The fourth-order valence-electron chi connectivity index (χ4n) is 5.02. The molecule has 2 heterocycles. The van der Waals surface area contributed by atoms with Crippen molar-refractivity contribution in [2.24, 2.45) is 0 Å². The molecule has 0 radical (unpaired) electrons. The van der Waals surface area contributed by atoms with Crippen molar-refractivity contribution in [2.75, 3.05) is 42.3 Å². The summed E-state index contributed by atoms with van der Waals surface area (Å²) in [7, 11) is 0. The molecular formula is C25H29F2N5O. The molecule has 174 valence electrons. The summed E-state index contributed by atoms with van der Waals surface area (Å²) in [6, 6.07) is 6.50. The van der Waals surface area contributed by atoms with E-state index in [1.165, 1.54) is 28.9 Å². The summed E-state index contributed by atoms with van der Waals surface area (Å²) in [5.41, 5.74) is 11.8. The van der Waals surface area contributed by atoms with Crippen LogP contribution in [-0.4, -0.2) is 36.3 Å². The molecule has 3 N–H and O–H groups in total. The van der Waals surface area contributed by atoms with Crippen LogP contribution in [-0.2, 0) is 17.6 Å². The van der Waals surface area contributed by atoms with E-state index in [4.69, 9.17) is 20.4 Å². The van der Waals surface area contributed by atoms with E-state index in [0.29, 0.717) is 17.1 Å². The highest BCUT2D eigenvalue weighted by Gasteiger charge is 2.25. The molecule has 1 saturated heterocycles. The fraction of sp³-hybridized carbons (Fsp3) is 0.440. The summed E-state index contributed by atoms with van der Waals surface area (Å²) >= 11 is 0. The second-order valence-corrected chi connectivity index (χ2v) is 8.92. The van der Waals surface area contributed by atoms with Gasteiger partial charge in [-0.1, -0.05) is 0 Å². The number of nitrogens with one attached hydrogen (secondary N) is 1. The number of halogens is 2. The van der Waals surface area contributed by atoms with Gasteiger partial charge in [0, 0.05) is 35.4 Å². The third-order valence-electron chi connectivity index (χ3n) is 6.61. The maximum Gasteiger partial charge on any atom is 0.263 e. The van der Waals surface area contributed by atoms with Crippen LogP contribution in [0, 0.1) is 6.92 Å². The first-order valence-corrected chi connectivity index (χ1v) is 11.5. The zero-order valence-corrected chi connectivity index (χ0v) is 19.0. The van der Waals surface area contributed by atoms with Crippen LogP contribution < -0.4 is 16.0 Å². The zero-order chi connectivity index (χ0) is 23.1. The Balaban J connectivity index is 1.58. The maximum absolute atomic E-state index is 13.3. The van der Waals surface area contributed by atoms with E-state index >= 15 is 0 Å². The van der Waals surface area contributed by atoms with Crippen molar-refractivity contribution in [3.8, 4) is 0 Å². The molecule has 0 bridgehead atoms. The number of morpholine rings is 1. The SMILES string of the molecule is Cc1nc(NC(C)c2cc(N)cc(C(F)F)c2)c2cc(N3CCOCC3)c3c(c2n1)CCC3. The van der Waals surface area contributed by atoms with E-state index < -0.39 is 6.43 Å². The number of fused-ring (bicyclic) bond motifs is 3. The number of ether oxygens (including phenoxy) is 1. The molecule has 2 aromatic carbocycles. The predicted molar refractivity (Wildman–Crippen MR) is 127 cm³/mol. The highest BCUT2D eigenvalue weighted by atomic mass is 19.3. The maximum atomic E-state index is 13.3. The minimum Gasteiger partial charge on any atom is -0.399 e. The minimum atomic E-state index is -2.57. The molecular weight excluding hydrogens is 424 g/mol. The van der Waals surface area contributed by atoms with Gasteiger partial charge < -0.3 is 20.7 Å². The van der Waals surface area contributed by atoms with Crippen LogP contribution in [0.25, 0.3) is 10.9 Å². The van der Waals surface area contributed by atoms with E-state index in [0.717, 1.165) is 62.3 Å². The molecule has 33 heavy (non-hydrogen) atoms. The van der Waals surface area contributed by atoms with Crippen molar-refractivity contribution in [3.63, 3.8) is 0 Å². The van der Waals surface area contributed by atoms with Crippen LogP contribution >= 0.6 is 0 Å². The van der Waals surface area contributed by atoms with E-state index in [1.807, 2.05) is 13.8 Å². The first-order valence-electron chi connectivity index (χ1n) is 11.5. The van der Waals surface area contributed by atoms with Crippen LogP contribution in [0.2, 0.25) is 0 Å². The van der Waals surface area contributed by atoms with Gasteiger partial charge in [0.2, 0.25) is 0 Å². The van der Waals surface area contributed by atoms with Gasteiger partial charge in [0.15, 0.2) is 0 Å². The van der Waals surface area contributed by atoms with Gasteiger partial charge in [-0.15, -0.1) is 0 Å². The van der Waals surface area contributed by atoms with Crippen LogP contribution in [0.15, 0.2) is 24.3 Å². The van der Waals surface area contributed by atoms with Gasteiger partial charge in [-0.25, -0.2) is 18.7 Å². The molecule has 0 amide bonds. The van der Waals surface area contributed by atoms with Gasteiger partial charge in [-0.05, 0) is 74.1 Å². The Morgan fingerprint density at radius 3 is 2.52 bits per heavy atom. The zero-order valence-electron chi connectivity index (χ0n) is 19.0. The summed E-state index contributed by atoms with van der Waals surface area (Å²) in [4.78, 5) is 11.9. The first kappa shape index (κ1) is 21.8. The van der Waals surface area contributed by atoms with Crippen molar-refractivity contribution in [1.82, 2.24) is 9.97 Å². The predicted octanol–water partition coefficient (Wildman–Crippen LogP) is 4.96. The molecule has 3 aromatic rings. The van der Waals surface area contributed by atoms with Gasteiger partial charge in [-0.3, -0.25) is 0 Å². The number of nitrogens with zero attached hydrogens (tertiary/aromatic N) is 3. The number of anilines is 3. The highest BCUT2D eigenvalue weighted by Crippen LogP contribution is 2.40. The van der Waals surface area contributed by atoms with Crippen LogP contribution in [0.1, 0.15) is 53.9 Å². The van der Waals surface area contributed by atoms with E-state index in [1.54, 1.807) is 6.07 Å². The van der Waals surface area contributed by atoms with Crippen LogP contribution in [0.5, 0.6) is 0 Å². The lowest BCUT2D eigenvalue weighted by atomic mass is 10.0. The molecule has 1 atom stereocenters. The number of aryl methyl sites for hydroxylation is 2. The quantitative estimate of drug-likeness (QED) is 0.532. The number of nitrogens with two attached hydrogens (primary N) is 1. The molecule has 1 aromatic heterocycles. The number of alkyl halides is 2. The first-order chi connectivity index (χ1) is 15.9. The van der Waals surface area contributed by atoms with Crippen molar-refractivity contribution in [3.05, 3.63) is 52.3 Å². The molecule has 1 fully saturated rings. The molecule has 0 spiro atoms. The summed E-state index contributed by atoms with van der Waals surface area (Å²) in [5.74, 6) is 1.40. The number of hydrogen-bond donors (Lipinski definition) is 2. The van der Waals surface area contributed by atoms with E-state index in [2.05, 4.69) is 16.3 Å². The molecule has 2 aliphatic rings. The Kier molecular flexibility index (Phi) is 5.78. The standard InChI is InChI=1S/C25H29F2N5O/c1-14(16-10-17(24(26)27)12-18(28)11-16)29-25-21-13-22(32-6-8-33-9-7-32)19-4-3-5-20(19)23(21)30-15(2)31-25/h10-14,24H,3-9,28H2,1-2H3,(H,29,30,31). The molecule has 8 heteroatoms. The van der Waals surface area contributed by atoms with Gasteiger partial charge in [0.05, 0.1) is 24.8 Å². The topological polar surface area (TPSA) is 76.3 Å². The third kappa shape index (κ3) is 4.19. The highest BCUT2D eigenvalue weighted by molar-refractivity contribution is 5.96. The normalized spacial score (nSPS) is 16.9. The summed E-state index contributed by atoms with van der Waals surface area (Å²) in [5, 5.41) is 4.43. The average Bonchev–Trinajstić information content (AvgIpc) is 3.29. The van der Waals surface area contributed by atoms with Crippen molar-refractivity contribution >= 4 is 28.1 Å². The molecule has 6 nitrogen and oxygen atoms in total. The largest absolute Gasteiger partial charge is 0.399 e. The Bertz CT molecular complexity index is 1190. The van der Waals surface area contributed by atoms with Gasteiger partial charge in [-0.2, -0.15) is 0 Å². The Hall–Kier alpha value is -3.00. The van der Waals surface area contributed by atoms with E-state index in [-0.39, 0.29) is 11.6 Å². The number of rotatable bonds is 5. The number of nitrogen functional groups attached to an aromatic ring is 1. The van der Waals surface area contributed by atoms with E-state index in [9.17, 15) is 8.78 Å². The molecule has 1 aliphatic heterocycles. The summed E-state index contributed by atoms with van der Waals surface area (Å²) in [6.07, 6.45) is 0.607. The fourth-order valence-corrected chi connectivity index (χ4v) is 5.02. The third-order valence-corrected chi connectivity index (χ3v) is 6.61. The monoisotopic (exact) mass is 453 g/mol. The van der Waals surface area contributed by atoms with Crippen LogP contribution in [0.3, 0.4) is 0 Å². The summed E-state index contributed by atoms with van der Waals surface area (Å²) in [6.45, 7) is 7.00. The van der Waals surface area contributed by atoms with Gasteiger partial charge in [0.25, 0.3) is 6.43 Å². The van der Waals surface area contributed by atoms with Crippen molar-refractivity contribution < 1.29 is 13.5 Å². The second-order valence-electron chi connectivity index (χ2n) is 8.92. The Labute approximate surface area is 192 Å². The van der Waals surface area contributed by atoms with Gasteiger partial charge in [0.1, 0.15) is 11.6 Å². The van der Waals surface area contributed by atoms with Crippen LogP contribution in [0.4, 0.5) is 26.0 Å². The Morgan fingerprint density at radius 1 is 1.03 bits per heavy atom. The summed E-state index contributed by atoms with van der Waals surface area (Å²) < 4.78 is 32.2. The lowest BCUT2D eigenvalue weighted by Crippen LogP contribution is -2.36. The minimum absolute atomic E-state index is 0.0743. The number of aromatic nitrogens is 2. The van der Waals surface area contributed by atoms with Crippen molar-refractivity contribution in [2.45, 2.75) is 45.6 Å². The number of hydrogen-bond acceptors (Lipinski definition) is 6. The number of benzene rings is 2. The lowest BCUT2D eigenvalue weighted by Gasteiger charge is -2.31. The van der Waals surface area contributed by atoms with Crippen molar-refractivity contribution in [1.29, 1.82) is 0 Å². The molecule has 1 unspecified atom stereocenters. The molecule has 1 aliphatic carbocycles. The molecule has 5 rings (SSSR count). The Morgan fingerprint density at radius 2 is 1.76 bits per heavy atom. The smallest absolute Gasteiger partial charge is 0.263 e. The molecule has 0 saturated carbocycles. The second kappa shape index (κ2) is 8.74. The average molecular weight is 454 g/mol. The lowest BCUT2D eigenvalue weighted by molar-refractivity contribution is 0.122.